The van der Waals surface area contributed by atoms with Gasteiger partial charge in [-0.2, -0.15) is 0 Å². The fraction of sp³-hybridized carbons (Fsp3) is 0.667. The molecule has 72 valence electrons. The van der Waals surface area contributed by atoms with Gasteiger partial charge in [-0.15, -0.1) is 6.42 Å². The van der Waals surface area contributed by atoms with Gasteiger partial charge in [-0.25, -0.2) is 0 Å². The fourth-order valence-electron chi connectivity index (χ4n) is 1.16. The third kappa shape index (κ3) is 3.92. The molecule has 1 rings (SSSR count). The van der Waals surface area contributed by atoms with Gasteiger partial charge in [-0.3, -0.25) is 4.79 Å². The van der Waals surface area contributed by atoms with Crippen molar-refractivity contribution in [3.05, 3.63) is 0 Å². The summed E-state index contributed by atoms with van der Waals surface area (Å²) in [5.74, 6) is 1.61. The molecule has 0 aromatic rings. The molecule has 1 atom stereocenters. The summed E-state index contributed by atoms with van der Waals surface area (Å²) in [4.78, 5) is 10.7. The van der Waals surface area contributed by atoms with Crippen LogP contribution in [0, 0.1) is 12.3 Å². The summed E-state index contributed by atoms with van der Waals surface area (Å²) in [6.07, 6.45) is 5.95. The van der Waals surface area contributed by atoms with Gasteiger partial charge in [0.1, 0.15) is 0 Å². The van der Waals surface area contributed by atoms with Crippen molar-refractivity contribution in [3.8, 4) is 12.3 Å². The molecule has 4 heteroatoms. The number of amides is 1. The zero-order chi connectivity index (χ0) is 9.52. The smallest absolute Gasteiger partial charge is 0.295 e. The van der Waals surface area contributed by atoms with Crippen molar-refractivity contribution >= 4 is 5.91 Å². The minimum Gasteiger partial charge on any atom is -0.375 e. The quantitative estimate of drug-likeness (QED) is 0.545. The van der Waals surface area contributed by atoms with Crippen LogP contribution in [0.5, 0.6) is 0 Å². The Morgan fingerprint density at radius 2 is 2.62 bits per heavy atom. The molecule has 2 N–H and O–H groups in total. The molecule has 0 aromatic heterocycles. The van der Waals surface area contributed by atoms with E-state index in [0.29, 0.717) is 6.54 Å². The van der Waals surface area contributed by atoms with Gasteiger partial charge >= 0.3 is 0 Å². The van der Waals surface area contributed by atoms with Crippen molar-refractivity contribution in [1.82, 2.24) is 10.6 Å². The molecule has 0 bridgehead atoms. The van der Waals surface area contributed by atoms with E-state index in [2.05, 4.69) is 10.6 Å². The number of carbonyl (C=O) groups excluding carboxylic acids is 1. The Labute approximate surface area is 78.0 Å². The van der Waals surface area contributed by atoms with Gasteiger partial charge in [-0.1, -0.05) is 0 Å². The molecule has 0 saturated carbocycles. The normalized spacial score (nSPS) is 22.8. The molecule has 1 saturated heterocycles. The standard InChI is InChI=1S/C9H14N2O2/c1-2-9(12)11-7-8-6-10-4-3-5-13-8/h1,8,10H,3-7H2,(H,11,12). The van der Waals surface area contributed by atoms with Gasteiger partial charge in [0.15, 0.2) is 0 Å². The number of hydrogen-bond donors (Lipinski definition) is 2. The van der Waals surface area contributed by atoms with Crippen LogP contribution >= 0.6 is 0 Å². The summed E-state index contributed by atoms with van der Waals surface area (Å²) in [7, 11) is 0. The fourth-order valence-corrected chi connectivity index (χ4v) is 1.16. The molecular weight excluding hydrogens is 168 g/mol. The Morgan fingerprint density at radius 3 is 3.38 bits per heavy atom. The number of ether oxygens (including phenoxy) is 1. The minimum atomic E-state index is -0.382. The predicted molar refractivity (Wildman–Crippen MR) is 49.1 cm³/mol. The maximum Gasteiger partial charge on any atom is 0.295 e. The van der Waals surface area contributed by atoms with E-state index in [0.717, 1.165) is 26.1 Å². The van der Waals surface area contributed by atoms with Crippen molar-refractivity contribution in [3.63, 3.8) is 0 Å². The van der Waals surface area contributed by atoms with Crippen molar-refractivity contribution in [2.75, 3.05) is 26.2 Å². The van der Waals surface area contributed by atoms with Gasteiger partial charge < -0.3 is 15.4 Å². The van der Waals surface area contributed by atoms with E-state index in [1.54, 1.807) is 0 Å². The number of terminal acetylenes is 1. The van der Waals surface area contributed by atoms with E-state index in [-0.39, 0.29) is 12.0 Å². The first kappa shape index (κ1) is 10.0. The maximum atomic E-state index is 10.7. The monoisotopic (exact) mass is 182 g/mol. The second-order valence-corrected chi connectivity index (χ2v) is 2.90. The highest BCUT2D eigenvalue weighted by molar-refractivity contribution is 5.92. The first-order chi connectivity index (χ1) is 6.33. The number of nitrogens with one attached hydrogen (secondary N) is 2. The average Bonchev–Trinajstić information content (AvgIpc) is 2.42. The van der Waals surface area contributed by atoms with Crippen LogP contribution < -0.4 is 10.6 Å². The molecule has 1 heterocycles. The van der Waals surface area contributed by atoms with Crippen LogP contribution in [0.3, 0.4) is 0 Å². The molecule has 13 heavy (non-hydrogen) atoms. The maximum absolute atomic E-state index is 10.7. The molecule has 4 nitrogen and oxygen atoms in total. The Morgan fingerprint density at radius 1 is 1.77 bits per heavy atom. The van der Waals surface area contributed by atoms with Gasteiger partial charge in [-0.05, 0) is 18.9 Å². The molecule has 0 aliphatic carbocycles. The molecule has 1 aliphatic rings. The number of hydrogen-bond acceptors (Lipinski definition) is 3. The highest BCUT2D eigenvalue weighted by atomic mass is 16.5. The Kier molecular flexibility index (Phi) is 4.30. The highest BCUT2D eigenvalue weighted by Gasteiger charge is 2.12. The average molecular weight is 182 g/mol. The first-order valence-electron chi connectivity index (χ1n) is 4.39. The van der Waals surface area contributed by atoms with Crippen molar-refractivity contribution in [2.45, 2.75) is 12.5 Å². The summed E-state index contributed by atoms with van der Waals surface area (Å²) in [6.45, 7) is 2.96. The lowest BCUT2D eigenvalue weighted by molar-refractivity contribution is -0.116. The van der Waals surface area contributed by atoms with E-state index < -0.39 is 0 Å². The lowest BCUT2D eigenvalue weighted by atomic mass is 10.3. The Bertz CT molecular complexity index is 202. The third-order valence-electron chi connectivity index (χ3n) is 1.84. The van der Waals surface area contributed by atoms with Crippen LogP contribution in [-0.4, -0.2) is 38.3 Å². The van der Waals surface area contributed by atoms with Crippen LogP contribution in [0.15, 0.2) is 0 Å². The van der Waals surface area contributed by atoms with Crippen LogP contribution in [-0.2, 0) is 9.53 Å². The van der Waals surface area contributed by atoms with Gasteiger partial charge in [0.25, 0.3) is 5.91 Å². The van der Waals surface area contributed by atoms with Gasteiger partial charge in [0, 0.05) is 19.7 Å². The minimum absolute atomic E-state index is 0.0415. The van der Waals surface area contributed by atoms with Crippen molar-refractivity contribution < 1.29 is 9.53 Å². The molecular formula is C9H14N2O2. The van der Waals surface area contributed by atoms with Gasteiger partial charge in [0.05, 0.1) is 6.10 Å². The van der Waals surface area contributed by atoms with Crippen LogP contribution in [0.2, 0.25) is 0 Å². The summed E-state index contributed by atoms with van der Waals surface area (Å²) in [6, 6.07) is 0. The topological polar surface area (TPSA) is 50.4 Å². The van der Waals surface area contributed by atoms with Gasteiger partial charge in [0.2, 0.25) is 0 Å². The largest absolute Gasteiger partial charge is 0.375 e. The Hall–Kier alpha value is -1.05. The van der Waals surface area contributed by atoms with E-state index >= 15 is 0 Å². The van der Waals surface area contributed by atoms with E-state index in [4.69, 9.17) is 11.2 Å². The third-order valence-corrected chi connectivity index (χ3v) is 1.84. The molecule has 1 unspecified atom stereocenters. The van der Waals surface area contributed by atoms with Crippen molar-refractivity contribution in [2.24, 2.45) is 0 Å². The molecule has 0 aromatic carbocycles. The number of rotatable bonds is 2. The molecule has 1 aliphatic heterocycles. The summed E-state index contributed by atoms with van der Waals surface area (Å²) >= 11 is 0. The summed E-state index contributed by atoms with van der Waals surface area (Å²) in [5, 5.41) is 5.80. The zero-order valence-corrected chi connectivity index (χ0v) is 7.51. The molecule has 0 spiro atoms. The van der Waals surface area contributed by atoms with Crippen LogP contribution in [0.4, 0.5) is 0 Å². The predicted octanol–water partition coefficient (Wildman–Crippen LogP) is -0.886. The van der Waals surface area contributed by atoms with Crippen molar-refractivity contribution in [1.29, 1.82) is 0 Å². The zero-order valence-electron chi connectivity index (χ0n) is 7.51. The van der Waals surface area contributed by atoms with Crippen LogP contribution in [0.1, 0.15) is 6.42 Å². The van der Waals surface area contributed by atoms with Crippen LogP contribution in [0.25, 0.3) is 0 Å². The molecule has 1 amide bonds. The number of carbonyl (C=O) groups is 1. The SMILES string of the molecule is C#CC(=O)NCC1CNCCCO1. The second-order valence-electron chi connectivity index (χ2n) is 2.90. The molecule has 0 radical (unpaired) electrons. The Balaban J connectivity index is 2.19. The highest BCUT2D eigenvalue weighted by Crippen LogP contribution is 1.95. The van der Waals surface area contributed by atoms with E-state index in [1.165, 1.54) is 0 Å². The lowest BCUT2D eigenvalue weighted by Gasteiger charge is -2.14. The second kappa shape index (κ2) is 5.57. The summed E-state index contributed by atoms with van der Waals surface area (Å²) < 4.78 is 5.45. The molecule has 1 fully saturated rings. The van der Waals surface area contributed by atoms with E-state index in [9.17, 15) is 4.79 Å². The summed E-state index contributed by atoms with van der Waals surface area (Å²) in [5.41, 5.74) is 0. The lowest BCUT2D eigenvalue weighted by Crippen LogP contribution is -2.37. The first-order valence-corrected chi connectivity index (χ1v) is 4.39. The van der Waals surface area contributed by atoms with E-state index in [1.807, 2.05) is 5.92 Å².